The lowest BCUT2D eigenvalue weighted by atomic mass is 9.93. The predicted molar refractivity (Wildman–Crippen MR) is 95.0 cm³/mol. The highest BCUT2D eigenvalue weighted by molar-refractivity contribution is 7.89. The van der Waals surface area contributed by atoms with Gasteiger partial charge in [-0.05, 0) is 30.9 Å². The molecule has 140 valence electrons. The Morgan fingerprint density at radius 2 is 2.04 bits per heavy atom. The zero-order chi connectivity index (χ0) is 18.4. The van der Waals surface area contributed by atoms with Crippen molar-refractivity contribution >= 4 is 38.7 Å². The normalized spacial score (nSPS) is 21.0. The van der Waals surface area contributed by atoms with Crippen LogP contribution in [0.2, 0.25) is 0 Å². The van der Waals surface area contributed by atoms with E-state index in [9.17, 15) is 17.6 Å². The lowest BCUT2D eigenvalue weighted by Gasteiger charge is -2.34. The minimum absolute atomic E-state index is 0.0381. The minimum Gasteiger partial charge on any atom is -0.353 e. The molecular weight excluding hydrogens is 379 g/mol. The van der Waals surface area contributed by atoms with E-state index in [-0.39, 0.29) is 30.8 Å². The fourth-order valence-corrected chi connectivity index (χ4v) is 5.35. The van der Waals surface area contributed by atoms with Crippen molar-refractivity contribution in [2.75, 3.05) is 19.6 Å². The summed E-state index contributed by atoms with van der Waals surface area (Å²) < 4.78 is 50.2. The van der Waals surface area contributed by atoms with Gasteiger partial charge in [-0.3, -0.25) is 4.79 Å². The summed E-state index contributed by atoms with van der Waals surface area (Å²) in [4.78, 5) is 12.2. The Hall–Kier alpha value is -1.65. The van der Waals surface area contributed by atoms with Gasteiger partial charge >= 0.3 is 0 Å². The Labute approximate surface area is 155 Å². The van der Waals surface area contributed by atoms with Crippen LogP contribution < -0.4 is 5.32 Å². The molecule has 2 fully saturated rings. The van der Waals surface area contributed by atoms with Gasteiger partial charge in [0.1, 0.15) is 15.9 Å². The summed E-state index contributed by atoms with van der Waals surface area (Å²) in [5.41, 5.74) is -1.15. The van der Waals surface area contributed by atoms with Crippen molar-refractivity contribution in [1.82, 2.24) is 18.4 Å². The van der Waals surface area contributed by atoms with Gasteiger partial charge in [0.2, 0.25) is 10.0 Å². The quantitative estimate of drug-likeness (QED) is 0.828. The summed E-state index contributed by atoms with van der Waals surface area (Å²) in [5, 5.41) is 2.66. The van der Waals surface area contributed by atoms with Crippen LogP contribution in [0.5, 0.6) is 0 Å². The number of hydrogen-bond acceptors (Lipinski definition) is 6. The van der Waals surface area contributed by atoms with Crippen molar-refractivity contribution in [3.63, 3.8) is 0 Å². The van der Waals surface area contributed by atoms with Crippen LogP contribution in [0.4, 0.5) is 4.39 Å². The molecule has 1 amide bonds. The SMILES string of the molecule is O=C(NCC1CC1)C1(F)CCN(S(=O)(=O)c2cccc3nsnc23)CC1. The Kier molecular flexibility index (Phi) is 4.44. The Morgan fingerprint density at radius 3 is 2.73 bits per heavy atom. The van der Waals surface area contributed by atoms with Gasteiger partial charge in [0.15, 0.2) is 5.67 Å². The number of fused-ring (bicyclic) bond motifs is 1. The van der Waals surface area contributed by atoms with Crippen LogP contribution >= 0.6 is 11.7 Å². The van der Waals surface area contributed by atoms with Gasteiger partial charge in [0.25, 0.3) is 5.91 Å². The number of sulfonamides is 1. The maximum atomic E-state index is 15.0. The number of piperidine rings is 1. The average molecular weight is 398 g/mol. The van der Waals surface area contributed by atoms with Crippen molar-refractivity contribution in [3.05, 3.63) is 18.2 Å². The highest BCUT2D eigenvalue weighted by Crippen LogP contribution is 2.33. The molecule has 0 unspecified atom stereocenters. The summed E-state index contributed by atoms with van der Waals surface area (Å²) >= 11 is 0.950. The number of nitrogens with one attached hydrogen (secondary N) is 1. The van der Waals surface area contributed by atoms with Gasteiger partial charge in [0, 0.05) is 32.5 Å². The molecule has 0 bridgehead atoms. The maximum Gasteiger partial charge on any atom is 0.257 e. The molecule has 1 saturated heterocycles. The zero-order valence-corrected chi connectivity index (χ0v) is 15.7. The number of benzene rings is 1. The third kappa shape index (κ3) is 3.21. The first-order valence-electron chi connectivity index (χ1n) is 8.59. The Balaban J connectivity index is 1.48. The van der Waals surface area contributed by atoms with Crippen LogP contribution in [0.1, 0.15) is 25.7 Å². The molecule has 2 aromatic rings. The summed E-state index contributed by atoms with van der Waals surface area (Å²) in [6.07, 6.45) is 1.85. The van der Waals surface area contributed by atoms with Gasteiger partial charge in [-0.15, -0.1) is 0 Å². The van der Waals surface area contributed by atoms with E-state index in [1.807, 2.05) is 0 Å². The number of rotatable bonds is 5. The highest BCUT2D eigenvalue weighted by Gasteiger charge is 2.44. The van der Waals surface area contributed by atoms with E-state index >= 15 is 0 Å². The summed E-state index contributed by atoms with van der Waals surface area (Å²) in [5.74, 6) is -0.150. The first-order chi connectivity index (χ1) is 12.4. The molecule has 1 aromatic heterocycles. The first-order valence-corrected chi connectivity index (χ1v) is 10.8. The minimum atomic E-state index is -3.81. The number of halogens is 1. The molecule has 1 aliphatic heterocycles. The average Bonchev–Trinajstić information content (AvgIpc) is 3.33. The standard InChI is InChI=1S/C16H19FN4O3S2/c17-16(15(22)18-10-11-4-5-11)6-8-21(9-7-16)26(23,24)13-3-1-2-12-14(13)20-25-19-12/h1-3,11H,4-10H2,(H,18,22). The van der Waals surface area contributed by atoms with Crippen LogP contribution in [0.3, 0.4) is 0 Å². The number of carbonyl (C=O) groups excluding carboxylic acids is 1. The highest BCUT2D eigenvalue weighted by atomic mass is 32.2. The lowest BCUT2D eigenvalue weighted by molar-refractivity contribution is -0.135. The van der Waals surface area contributed by atoms with Gasteiger partial charge in [-0.2, -0.15) is 13.1 Å². The first kappa shape index (κ1) is 17.7. The molecule has 1 N–H and O–H groups in total. The van der Waals surface area contributed by atoms with Crippen molar-refractivity contribution < 1.29 is 17.6 Å². The third-order valence-electron chi connectivity index (χ3n) is 5.04. The van der Waals surface area contributed by atoms with Crippen molar-refractivity contribution in [1.29, 1.82) is 0 Å². The van der Waals surface area contributed by atoms with Crippen molar-refractivity contribution in [3.8, 4) is 0 Å². The molecule has 1 saturated carbocycles. The second-order valence-corrected chi connectivity index (χ2v) is 9.35. The summed E-state index contributed by atoms with van der Waals surface area (Å²) in [6.45, 7) is 0.429. The molecule has 1 aliphatic carbocycles. The topological polar surface area (TPSA) is 92.3 Å². The molecule has 7 nitrogen and oxygen atoms in total. The van der Waals surface area contributed by atoms with Gasteiger partial charge in [-0.25, -0.2) is 12.8 Å². The maximum absolute atomic E-state index is 15.0. The fourth-order valence-electron chi connectivity index (χ4n) is 3.15. The number of amides is 1. The summed E-state index contributed by atoms with van der Waals surface area (Å²) in [6, 6.07) is 4.80. The molecule has 4 rings (SSSR count). The molecule has 0 radical (unpaired) electrons. The Bertz CT molecular complexity index is 934. The molecule has 2 aliphatic rings. The van der Waals surface area contributed by atoms with E-state index < -0.39 is 21.6 Å². The van der Waals surface area contributed by atoms with E-state index in [4.69, 9.17) is 0 Å². The van der Waals surface area contributed by atoms with Crippen LogP contribution in [0.25, 0.3) is 11.0 Å². The molecule has 26 heavy (non-hydrogen) atoms. The van der Waals surface area contributed by atoms with Gasteiger partial charge in [-0.1, -0.05) is 6.07 Å². The number of aromatic nitrogens is 2. The van der Waals surface area contributed by atoms with Crippen LogP contribution in [0, 0.1) is 5.92 Å². The molecule has 1 aromatic carbocycles. The summed E-state index contributed by atoms with van der Waals surface area (Å²) in [7, 11) is -3.81. The predicted octanol–water partition coefficient (Wildman–Crippen LogP) is 1.71. The van der Waals surface area contributed by atoms with Gasteiger partial charge in [0.05, 0.1) is 11.7 Å². The van der Waals surface area contributed by atoms with E-state index in [2.05, 4.69) is 14.1 Å². The lowest BCUT2D eigenvalue weighted by Crippen LogP contribution is -2.52. The third-order valence-corrected chi connectivity index (χ3v) is 7.51. The number of nitrogens with zero attached hydrogens (tertiary/aromatic N) is 3. The number of alkyl halides is 1. The molecular formula is C16H19FN4O3S2. The zero-order valence-electron chi connectivity index (χ0n) is 14.0. The van der Waals surface area contributed by atoms with E-state index in [0.29, 0.717) is 23.5 Å². The van der Waals surface area contributed by atoms with Crippen molar-refractivity contribution in [2.24, 2.45) is 5.92 Å². The van der Waals surface area contributed by atoms with Crippen molar-refractivity contribution in [2.45, 2.75) is 36.2 Å². The van der Waals surface area contributed by atoms with Crippen LogP contribution in [-0.2, 0) is 14.8 Å². The Morgan fingerprint density at radius 1 is 1.31 bits per heavy atom. The number of hydrogen-bond donors (Lipinski definition) is 1. The molecule has 2 heterocycles. The van der Waals surface area contributed by atoms with Crippen LogP contribution in [-0.4, -0.2) is 52.7 Å². The second kappa shape index (κ2) is 6.50. The molecule has 0 atom stereocenters. The van der Waals surface area contributed by atoms with E-state index in [1.54, 1.807) is 12.1 Å². The monoisotopic (exact) mass is 398 g/mol. The second-order valence-electron chi connectivity index (χ2n) is 6.91. The smallest absolute Gasteiger partial charge is 0.257 e. The fraction of sp³-hybridized carbons (Fsp3) is 0.562. The van der Waals surface area contributed by atoms with Crippen LogP contribution in [0.15, 0.2) is 23.1 Å². The van der Waals surface area contributed by atoms with E-state index in [0.717, 1.165) is 24.6 Å². The number of carbonyl (C=O) groups is 1. The van der Waals surface area contributed by atoms with E-state index in [1.165, 1.54) is 10.4 Å². The van der Waals surface area contributed by atoms with Gasteiger partial charge < -0.3 is 5.32 Å². The molecule has 0 spiro atoms. The largest absolute Gasteiger partial charge is 0.353 e. The molecule has 10 heteroatoms.